The summed E-state index contributed by atoms with van der Waals surface area (Å²) >= 11 is 6.21. The zero-order valence-corrected chi connectivity index (χ0v) is 21.6. The Morgan fingerprint density at radius 1 is 1.14 bits per heavy atom. The van der Waals surface area contributed by atoms with E-state index >= 15 is 0 Å². The van der Waals surface area contributed by atoms with Gasteiger partial charge >= 0.3 is 0 Å². The summed E-state index contributed by atoms with van der Waals surface area (Å²) < 4.78 is 29.6. The van der Waals surface area contributed by atoms with Gasteiger partial charge in [-0.1, -0.05) is 55.5 Å². The van der Waals surface area contributed by atoms with Crippen molar-refractivity contribution in [3.05, 3.63) is 71.0 Å². The monoisotopic (exact) mass is 513 g/mol. The van der Waals surface area contributed by atoms with Gasteiger partial charge in [-0.25, -0.2) is 18.4 Å². The highest BCUT2D eigenvalue weighted by atomic mass is 35.5. The molecule has 186 valence electrons. The number of anilines is 1. The number of sulfonamides is 1. The average molecular weight is 514 g/mol. The molecule has 9 heteroatoms. The first kappa shape index (κ1) is 24.3. The molecule has 0 bridgehead atoms. The lowest BCUT2D eigenvalue weighted by molar-refractivity contribution is 0.350. The quantitative estimate of drug-likeness (QED) is 0.432. The minimum Gasteiger partial charge on any atom is -0.361 e. The number of hydrogen-bond donors (Lipinski definition) is 1. The maximum absolute atomic E-state index is 14.0. The van der Waals surface area contributed by atoms with Crippen LogP contribution in [0.2, 0.25) is 5.15 Å². The maximum Gasteiger partial charge on any atom is 0.243 e. The fourth-order valence-electron chi connectivity index (χ4n) is 5.55. The molecule has 1 N–H and O–H groups in total. The third kappa shape index (κ3) is 5.10. The number of aromatic amines is 1. The van der Waals surface area contributed by atoms with Crippen molar-refractivity contribution in [3.8, 4) is 0 Å². The Labute approximate surface area is 212 Å². The van der Waals surface area contributed by atoms with Crippen LogP contribution in [0.1, 0.15) is 55.3 Å². The third-order valence-corrected chi connectivity index (χ3v) is 9.83. The average Bonchev–Trinajstić information content (AvgIpc) is 3.53. The lowest BCUT2D eigenvalue weighted by atomic mass is 9.97. The third-order valence-electron chi connectivity index (χ3n) is 7.49. The van der Waals surface area contributed by atoms with Crippen molar-refractivity contribution in [1.29, 1.82) is 0 Å². The topological polar surface area (TPSA) is 82.2 Å². The second kappa shape index (κ2) is 10.3. The molecule has 0 amide bonds. The van der Waals surface area contributed by atoms with Crippen LogP contribution in [0.25, 0.3) is 0 Å². The molecule has 0 spiro atoms. The smallest absolute Gasteiger partial charge is 0.243 e. The zero-order chi connectivity index (χ0) is 24.4. The number of imidazole rings is 1. The molecule has 1 aromatic carbocycles. The van der Waals surface area contributed by atoms with Gasteiger partial charge in [-0.2, -0.15) is 4.31 Å². The number of hydrogen-bond acceptors (Lipinski definition) is 5. The highest BCUT2D eigenvalue weighted by Crippen LogP contribution is 2.36. The molecular formula is C26H32ClN5O2S. The van der Waals surface area contributed by atoms with Gasteiger partial charge in [0, 0.05) is 42.8 Å². The Hall–Kier alpha value is -2.42. The maximum atomic E-state index is 14.0. The number of pyridine rings is 1. The second-order valence-corrected chi connectivity index (χ2v) is 12.0. The lowest BCUT2D eigenvalue weighted by Crippen LogP contribution is -2.43. The summed E-state index contributed by atoms with van der Waals surface area (Å²) in [5.74, 6) is 0.730. The summed E-state index contributed by atoms with van der Waals surface area (Å²) in [7, 11) is -3.77. The first-order valence-electron chi connectivity index (χ1n) is 12.4. The largest absolute Gasteiger partial charge is 0.361 e. The molecule has 0 radical (unpaired) electrons. The lowest BCUT2D eigenvalue weighted by Gasteiger charge is -2.34. The van der Waals surface area contributed by atoms with Gasteiger partial charge in [0.2, 0.25) is 10.0 Å². The van der Waals surface area contributed by atoms with Crippen molar-refractivity contribution >= 4 is 27.3 Å². The normalized spacial score (nSPS) is 19.6. The van der Waals surface area contributed by atoms with E-state index in [1.807, 2.05) is 24.4 Å². The molecule has 3 aromatic rings. The Morgan fingerprint density at radius 3 is 2.71 bits per heavy atom. The van der Waals surface area contributed by atoms with E-state index in [0.29, 0.717) is 25.2 Å². The van der Waals surface area contributed by atoms with E-state index in [1.165, 1.54) is 31.9 Å². The van der Waals surface area contributed by atoms with E-state index in [0.717, 1.165) is 35.7 Å². The predicted octanol–water partition coefficient (Wildman–Crippen LogP) is 5.32. The summed E-state index contributed by atoms with van der Waals surface area (Å²) in [6.07, 6.45) is 12.2. The molecule has 1 fully saturated rings. The molecule has 0 saturated heterocycles. The van der Waals surface area contributed by atoms with Gasteiger partial charge < -0.3 is 9.88 Å². The second-order valence-electron chi connectivity index (χ2n) is 9.74. The number of halogens is 1. The van der Waals surface area contributed by atoms with Crippen LogP contribution < -0.4 is 4.90 Å². The Morgan fingerprint density at radius 2 is 1.94 bits per heavy atom. The standard InChI is InChI=1S/C26H32ClN5O2S/c1-19-25(12-13-29-26(19)27)35(33,34)31-15-21-8-4-5-9-24(21)32(16-22-14-28-18-30-22)23(17-31)11-10-20-6-2-3-7-20/h4-5,8-9,12-14,18,20,23H,2-3,6-7,10-11,15-17H2,1H3,(H,28,30)/t23-/m1/s1. The van der Waals surface area contributed by atoms with Crippen molar-refractivity contribution in [3.63, 3.8) is 0 Å². The molecule has 1 atom stereocenters. The SMILES string of the molecule is Cc1c(S(=O)(=O)N2Cc3ccccc3N(Cc3cnc[nH]3)[C@H](CCC3CCCC3)C2)ccnc1Cl. The molecule has 5 rings (SSSR count). The van der Waals surface area contributed by atoms with E-state index in [-0.39, 0.29) is 16.1 Å². The van der Waals surface area contributed by atoms with Crippen molar-refractivity contribution in [2.24, 2.45) is 5.92 Å². The van der Waals surface area contributed by atoms with Crippen LogP contribution in [0, 0.1) is 12.8 Å². The van der Waals surface area contributed by atoms with Gasteiger partial charge in [-0.05, 0) is 43.4 Å². The van der Waals surface area contributed by atoms with Crippen molar-refractivity contribution < 1.29 is 8.42 Å². The number of rotatable bonds is 7. The Balaban J connectivity index is 1.53. The fraction of sp³-hybridized carbons (Fsp3) is 0.462. The number of nitrogens with one attached hydrogen (secondary N) is 1. The minimum absolute atomic E-state index is 0.0370. The van der Waals surface area contributed by atoms with Crippen molar-refractivity contribution in [2.75, 3.05) is 11.4 Å². The first-order chi connectivity index (χ1) is 16.9. The van der Waals surface area contributed by atoms with Crippen LogP contribution in [0.15, 0.2) is 53.9 Å². The number of aromatic nitrogens is 3. The summed E-state index contributed by atoms with van der Waals surface area (Å²) in [6, 6.07) is 9.75. The molecule has 0 unspecified atom stereocenters. The number of H-pyrrole nitrogens is 1. The summed E-state index contributed by atoms with van der Waals surface area (Å²) in [6.45, 7) is 3.10. The van der Waals surface area contributed by atoms with Gasteiger partial charge in [0.25, 0.3) is 0 Å². The molecule has 1 saturated carbocycles. The molecule has 2 aromatic heterocycles. The minimum atomic E-state index is -3.77. The molecule has 1 aliphatic heterocycles. The first-order valence-corrected chi connectivity index (χ1v) is 14.2. The van der Waals surface area contributed by atoms with Gasteiger partial charge in [0.1, 0.15) is 5.15 Å². The zero-order valence-electron chi connectivity index (χ0n) is 20.0. The van der Waals surface area contributed by atoms with E-state index in [4.69, 9.17) is 11.6 Å². The molecular weight excluding hydrogens is 482 g/mol. The Kier molecular flexibility index (Phi) is 7.14. The van der Waals surface area contributed by atoms with Crippen molar-refractivity contribution in [2.45, 2.75) is 69.5 Å². The molecule has 2 aliphatic rings. The van der Waals surface area contributed by atoms with E-state index in [1.54, 1.807) is 23.6 Å². The van der Waals surface area contributed by atoms with Crippen LogP contribution in [0.5, 0.6) is 0 Å². The molecule has 7 nitrogen and oxygen atoms in total. The van der Waals surface area contributed by atoms with Crippen molar-refractivity contribution in [1.82, 2.24) is 19.3 Å². The number of nitrogens with zero attached hydrogens (tertiary/aromatic N) is 4. The van der Waals surface area contributed by atoms with Crippen LogP contribution >= 0.6 is 11.6 Å². The summed E-state index contributed by atoms with van der Waals surface area (Å²) in [4.78, 5) is 14.1. The molecule has 3 heterocycles. The van der Waals surface area contributed by atoms with Crippen LogP contribution in [-0.4, -0.2) is 40.3 Å². The molecule has 1 aliphatic carbocycles. The van der Waals surface area contributed by atoms with E-state index in [9.17, 15) is 8.42 Å². The summed E-state index contributed by atoms with van der Waals surface area (Å²) in [5.41, 5.74) is 3.58. The highest BCUT2D eigenvalue weighted by molar-refractivity contribution is 7.89. The van der Waals surface area contributed by atoms with Gasteiger partial charge in [-0.15, -0.1) is 0 Å². The summed E-state index contributed by atoms with van der Waals surface area (Å²) in [5, 5.41) is 0.222. The number of para-hydroxylation sites is 1. The van der Waals surface area contributed by atoms with Crippen LogP contribution in [-0.2, 0) is 23.1 Å². The number of benzene rings is 1. The van der Waals surface area contributed by atoms with Gasteiger partial charge in [-0.3, -0.25) is 0 Å². The van der Waals surface area contributed by atoms with Crippen LogP contribution in [0.3, 0.4) is 0 Å². The van der Waals surface area contributed by atoms with Gasteiger partial charge in [0.15, 0.2) is 0 Å². The highest BCUT2D eigenvalue weighted by Gasteiger charge is 2.36. The Bertz CT molecular complexity index is 1260. The van der Waals surface area contributed by atoms with E-state index < -0.39 is 10.0 Å². The predicted molar refractivity (Wildman–Crippen MR) is 138 cm³/mol. The van der Waals surface area contributed by atoms with Crippen LogP contribution in [0.4, 0.5) is 5.69 Å². The number of fused-ring (bicyclic) bond motifs is 1. The molecule has 35 heavy (non-hydrogen) atoms. The van der Waals surface area contributed by atoms with Gasteiger partial charge in [0.05, 0.1) is 23.5 Å². The fourth-order valence-corrected chi connectivity index (χ4v) is 7.43. The van der Waals surface area contributed by atoms with E-state index in [2.05, 4.69) is 25.9 Å².